The molecule has 0 bridgehead atoms. The summed E-state index contributed by atoms with van der Waals surface area (Å²) < 4.78 is 87.2. The molecule has 2 aromatic carbocycles. The average molecular weight is 571 g/mol. The molecule has 2 unspecified atom stereocenters. The minimum Gasteiger partial charge on any atom is -0.407 e. The Morgan fingerprint density at radius 3 is 1.43 bits per heavy atom. The van der Waals surface area contributed by atoms with Crippen LogP contribution in [0, 0.1) is 5.41 Å². The van der Waals surface area contributed by atoms with Crippen LogP contribution >= 0.6 is 15.9 Å². The lowest BCUT2D eigenvalue weighted by molar-refractivity contribution is -0.259. The van der Waals surface area contributed by atoms with Gasteiger partial charge in [-0.3, -0.25) is 0 Å². The molecular weight excluding hydrogens is 545 g/mol. The molecule has 0 saturated carbocycles. The lowest BCUT2D eigenvalue weighted by Crippen LogP contribution is -2.47. The van der Waals surface area contributed by atoms with E-state index in [1.807, 2.05) is 13.8 Å². The standard InChI is InChI=1S/C14H18BF3O3.C9H8BrF3O/c1-12(2)8-20-15(21-9-12)11-6-4-10(5-7-11)13(3,19)14(16,17)18;1-8(14,9(11,12)13)6-2-4-7(10)5-3-6/h4-7,19H,8-9H2,1-3H3;2-5,14H,1H3. The third-order valence-corrected chi connectivity index (χ3v) is 6.03. The van der Waals surface area contributed by atoms with Gasteiger partial charge in [-0.25, -0.2) is 0 Å². The fraction of sp³-hybridized carbons (Fsp3) is 0.478. The Balaban J connectivity index is 0.000000269. The van der Waals surface area contributed by atoms with Gasteiger partial charge in [0.25, 0.3) is 0 Å². The minimum atomic E-state index is -4.73. The van der Waals surface area contributed by atoms with Crippen LogP contribution in [0.3, 0.4) is 0 Å². The second-order valence-electron chi connectivity index (χ2n) is 9.39. The predicted molar refractivity (Wildman–Crippen MR) is 123 cm³/mol. The molecule has 194 valence electrons. The van der Waals surface area contributed by atoms with Gasteiger partial charge in [0.15, 0.2) is 11.2 Å². The monoisotopic (exact) mass is 570 g/mol. The van der Waals surface area contributed by atoms with E-state index < -0.39 is 30.7 Å². The van der Waals surface area contributed by atoms with E-state index in [2.05, 4.69) is 15.9 Å². The summed E-state index contributed by atoms with van der Waals surface area (Å²) in [6, 6.07) is 10.8. The second-order valence-corrected chi connectivity index (χ2v) is 10.3. The normalized spacial score (nSPS) is 19.7. The maximum absolute atomic E-state index is 12.8. The molecule has 1 aliphatic rings. The van der Waals surface area contributed by atoms with Crippen molar-refractivity contribution in [2.75, 3.05) is 13.2 Å². The molecular formula is C23H26BBrF6O4. The van der Waals surface area contributed by atoms with E-state index in [1.54, 1.807) is 0 Å². The van der Waals surface area contributed by atoms with Crippen molar-refractivity contribution in [1.82, 2.24) is 0 Å². The maximum atomic E-state index is 12.8. The van der Waals surface area contributed by atoms with Crippen molar-refractivity contribution in [3.63, 3.8) is 0 Å². The Kier molecular flexibility index (Phi) is 8.82. The topological polar surface area (TPSA) is 58.9 Å². The van der Waals surface area contributed by atoms with Crippen LogP contribution in [-0.4, -0.2) is 42.9 Å². The van der Waals surface area contributed by atoms with Crippen LogP contribution in [0.1, 0.15) is 38.8 Å². The molecule has 0 spiro atoms. The Labute approximate surface area is 208 Å². The summed E-state index contributed by atoms with van der Waals surface area (Å²) in [4.78, 5) is 0. The minimum absolute atomic E-state index is 0.0730. The zero-order chi connectivity index (χ0) is 26.9. The quantitative estimate of drug-likeness (QED) is 0.381. The predicted octanol–water partition coefficient (Wildman–Crippen LogP) is 5.44. The summed E-state index contributed by atoms with van der Waals surface area (Å²) in [5.74, 6) is 0. The van der Waals surface area contributed by atoms with Gasteiger partial charge in [-0.2, -0.15) is 26.3 Å². The molecule has 1 heterocycles. The number of benzene rings is 2. The molecule has 3 rings (SSSR count). The van der Waals surface area contributed by atoms with Crippen LogP contribution in [0.25, 0.3) is 0 Å². The van der Waals surface area contributed by atoms with Crippen LogP contribution in [0.5, 0.6) is 0 Å². The Hall–Kier alpha value is -1.60. The highest BCUT2D eigenvalue weighted by molar-refractivity contribution is 9.10. The molecule has 0 aliphatic carbocycles. The summed E-state index contributed by atoms with van der Waals surface area (Å²) in [5.41, 5.74) is -5.50. The van der Waals surface area contributed by atoms with E-state index in [4.69, 9.17) is 9.31 Å². The number of hydrogen-bond donors (Lipinski definition) is 2. The highest BCUT2D eigenvalue weighted by Crippen LogP contribution is 2.39. The van der Waals surface area contributed by atoms with Crippen molar-refractivity contribution in [3.05, 3.63) is 64.1 Å². The molecule has 35 heavy (non-hydrogen) atoms. The number of aliphatic hydroxyl groups is 2. The molecule has 0 aromatic heterocycles. The van der Waals surface area contributed by atoms with Crippen LogP contribution < -0.4 is 5.46 Å². The van der Waals surface area contributed by atoms with E-state index in [9.17, 15) is 36.6 Å². The van der Waals surface area contributed by atoms with Gasteiger partial charge in [-0.1, -0.05) is 66.2 Å². The summed E-state index contributed by atoms with van der Waals surface area (Å²) in [5, 5.41) is 18.9. The molecule has 2 N–H and O–H groups in total. The van der Waals surface area contributed by atoms with Gasteiger partial charge in [-0.15, -0.1) is 0 Å². The highest BCUT2D eigenvalue weighted by atomic mass is 79.9. The first-order chi connectivity index (χ1) is 15.8. The largest absolute Gasteiger partial charge is 0.493 e. The van der Waals surface area contributed by atoms with E-state index >= 15 is 0 Å². The van der Waals surface area contributed by atoms with E-state index in [0.717, 1.165) is 13.8 Å². The van der Waals surface area contributed by atoms with Gasteiger partial charge in [0, 0.05) is 23.1 Å². The van der Waals surface area contributed by atoms with Gasteiger partial charge in [0.2, 0.25) is 0 Å². The van der Waals surface area contributed by atoms with E-state index in [1.165, 1.54) is 48.5 Å². The summed E-state index contributed by atoms with van der Waals surface area (Å²) in [6.45, 7) is 6.51. The summed E-state index contributed by atoms with van der Waals surface area (Å²) in [6.07, 6.45) is -9.39. The average Bonchev–Trinajstić information content (AvgIpc) is 2.73. The molecule has 0 radical (unpaired) electrons. The molecule has 2 aromatic rings. The molecule has 1 fully saturated rings. The Morgan fingerprint density at radius 1 is 0.743 bits per heavy atom. The van der Waals surface area contributed by atoms with Crippen molar-refractivity contribution in [2.24, 2.45) is 5.41 Å². The van der Waals surface area contributed by atoms with Crippen LogP contribution in [0.15, 0.2) is 53.0 Å². The van der Waals surface area contributed by atoms with E-state index in [-0.39, 0.29) is 16.5 Å². The van der Waals surface area contributed by atoms with Crippen molar-refractivity contribution >= 4 is 28.5 Å². The number of rotatable bonds is 3. The fourth-order valence-corrected chi connectivity index (χ4v) is 3.22. The molecule has 1 aliphatic heterocycles. The molecule has 0 amide bonds. The third-order valence-electron chi connectivity index (χ3n) is 5.51. The maximum Gasteiger partial charge on any atom is 0.493 e. The van der Waals surface area contributed by atoms with Crippen LogP contribution in [-0.2, 0) is 20.5 Å². The molecule has 12 heteroatoms. The van der Waals surface area contributed by atoms with Crippen LogP contribution in [0.2, 0.25) is 0 Å². The molecule has 1 saturated heterocycles. The Morgan fingerprint density at radius 2 is 1.09 bits per heavy atom. The lowest BCUT2D eigenvalue weighted by Gasteiger charge is -2.33. The SMILES string of the molecule is CC(O)(c1ccc(Br)cc1)C(F)(F)F.CC1(C)COB(c2ccc(C(C)(O)C(F)(F)F)cc2)OC1. The van der Waals surface area contributed by atoms with Gasteiger partial charge in [0.05, 0.1) is 0 Å². The van der Waals surface area contributed by atoms with Gasteiger partial charge in [-0.05, 0) is 42.6 Å². The third kappa shape index (κ3) is 7.22. The van der Waals surface area contributed by atoms with Crippen LogP contribution in [0.4, 0.5) is 26.3 Å². The van der Waals surface area contributed by atoms with Gasteiger partial charge in [0.1, 0.15) is 0 Å². The Bertz CT molecular complexity index is 963. The smallest absolute Gasteiger partial charge is 0.407 e. The highest BCUT2D eigenvalue weighted by Gasteiger charge is 2.52. The van der Waals surface area contributed by atoms with Crippen molar-refractivity contribution in [1.29, 1.82) is 0 Å². The van der Waals surface area contributed by atoms with Gasteiger partial charge >= 0.3 is 19.5 Å². The molecule has 2 atom stereocenters. The fourth-order valence-electron chi connectivity index (χ4n) is 2.95. The number of hydrogen-bond acceptors (Lipinski definition) is 4. The van der Waals surface area contributed by atoms with Crippen molar-refractivity contribution in [2.45, 2.75) is 51.2 Å². The lowest BCUT2D eigenvalue weighted by atomic mass is 9.75. The zero-order valence-corrected chi connectivity index (χ0v) is 21.1. The second kappa shape index (κ2) is 10.4. The van der Waals surface area contributed by atoms with Gasteiger partial charge < -0.3 is 19.5 Å². The zero-order valence-electron chi connectivity index (χ0n) is 19.5. The first-order valence-corrected chi connectivity index (χ1v) is 11.3. The first kappa shape index (κ1) is 29.6. The van der Waals surface area contributed by atoms with E-state index in [0.29, 0.717) is 23.1 Å². The summed E-state index contributed by atoms with van der Waals surface area (Å²) >= 11 is 3.10. The number of alkyl halides is 6. The van der Waals surface area contributed by atoms with Crippen molar-refractivity contribution < 1.29 is 45.9 Å². The summed E-state index contributed by atoms with van der Waals surface area (Å²) in [7, 11) is -0.581. The van der Waals surface area contributed by atoms with Crippen molar-refractivity contribution in [3.8, 4) is 0 Å². The first-order valence-electron chi connectivity index (χ1n) is 10.5. The molecule has 4 nitrogen and oxygen atoms in total. The number of halogens is 7.